The average molecular weight is 384 g/mol. The lowest BCUT2D eigenvalue weighted by Crippen LogP contribution is -2.51. The molecule has 1 aromatic rings. The number of benzene rings is 1. The lowest BCUT2D eigenvalue weighted by atomic mass is 10.2. The molecule has 0 atom stereocenters. The highest BCUT2D eigenvalue weighted by Crippen LogP contribution is 2.23. The van der Waals surface area contributed by atoms with Gasteiger partial charge in [-0.15, -0.1) is 0 Å². The maximum Gasteiger partial charge on any atom is 0.246 e. The first-order valence-electron chi connectivity index (χ1n) is 8.29. The number of amides is 2. The molecule has 1 heterocycles. The Bertz CT molecular complexity index is 654. The van der Waals surface area contributed by atoms with Crippen molar-refractivity contribution in [1.29, 1.82) is 0 Å². The van der Waals surface area contributed by atoms with Crippen LogP contribution in [0.4, 0.5) is 0 Å². The molecular weight excluding hydrogens is 361 g/mol. The summed E-state index contributed by atoms with van der Waals surface area (Å²) in [5, 5.41) is 3.83. The van der Waals surface area contributed by atoms with Gasteiger partial charge in [-0.3, -0.25) is 14.5 Å². The van der Waals surface area contributed by atoms with Gasteiger partial charge in [0.2, 0.25) is 11.8 Å². The van der Waals surface area contributed by atoms with Crippen molar-refractivity contribution in [1.82, 2.24) is 15.1 Å². The van der Waals surface area contributed by atoms with Gasteiger partial charge in [-0.25, -0.2) is 0 Å². The third-order valence-electron chi connectivity index (χ3n) is 3.86. The first-order valence-corrected chi connectivity index (χ1v) is 9.04. The van der Waals surface area contributed by atoms with Crippen LogP contribution in [0.15, 0.2) is 24.3 Å². The van der Waals surface area contributed by atoms with E-state index in [2.05, 4.69) is 10.2 Å². The van der Waals surface area contributed by atoms with E-state index < -0.39 is 0 Å². The van der Waals surface area contributed by atoms with Crippen LogP contribution in [0.25, 0.3) is 6.08 Å². The molecule has 0 spiro atoms. The molecule has 7 heteroatoms. The largest absolute Gasteiger partial charge is 0.353 e. The molecule has 2 rings (SSSR count). The van der Waals surface area contributed by atoms with Gasteiger partial charge in [0.05, 0.1) is 16.6 Å². The minimum Gasteiger partial charge on any atom is -0.353 e. The second kappa shape index (κ2) is 9.22. The molecule has 1 saturated heterocycles. The van der Waals surface area contributed by atoms with E-state index in [9.17, 15) is 9.59 Å². The van der Waals surface area contributed by atoms with Crippen molar-refractivity contribution < 1.29 is 9.59 Å². The van der Waals surface area contributed by atoms with Gasteiger partial charge in [-0.2, -0.15) is 0 Å². The number of carbonyl (C=O) groups is 2. The molecule has 1 aromatic carbocycles. The van der Waals surface area contributed by atoms with E-state index in [1.54, 1.807) is 29.2 Å². The van der Waals surface area contributed by atoms with Crippen LogP contribution in [-0.2, 0) is 9.59 Å². The maximum absolute atomic E-state index is 12.3. The number of nitrogens with one attached hydrogen (secondary N) is 1. The molecule has 136 valence electrons. The quantitative estimate of drug-likeness (QED) is 0.795. The fourth-order valence-corrected chi connectivity index (χ4v) is 2.89. The van der Waals surface area contributed by atoms with Crippen molar-refractivity contribution in [3.05, 3.63) is 39.9 Å². The molecule has 0 bridgehead atoms. The highest BCUT2D eigenvalue weighted by Gasteiger charge is 2.21. The van der Waals surface area contributed by atoms with Gasteiger partial charge in [0.1, 0.15) is 0 Å². The van der Waals surface area contributed by atoms with Crippen LogP contribution in [0.5, 0.6) is 0 Å². The smallest absolute Gasteiger partial charge is 0.246 e. The second-order valence-electron chi connectivity index (χ2n) is 6.33. The van der Waals surface area contributed by atoms with E-state index in [0.29, 0.717) is 42.8 Å². The van der Waals surface area contributed by atoms with Crippen LogP contribution in [0.1, 0.15) is 19.4 Å². The van der Waals surface area contributed by atoms with Crippen LogP contribution in [0.2, 0.25) is 10.0 Å². The number of piperazine rings is 1. The number of rotatable bonds is 5. The van der Waals surface area contributed by atoms with Gasteiger partial charge >= 0.3 is 0 Å². The lowest BCUT2D eigenvalue weighted by molar-refractivity contribution is -0.128. The van der Waals surface area contributed by atoms with Crippen molar-refractivity contribution in [3.63, 3.8) is 0 Å². The molecule has 25 heavy (non-hydrogen) atoms. The number of hydrogen-bond acceptors (Lipinski definition) is 3. The normalized spacial score (nSPS) is 15.8. The molecule has 1 aliphatic heterocycles. The Morgan fingerprint density at radius 3 is 2.44 bits per heavy atom. The maximum atomic E-state index is 12.3. The van der Waals surface area contributed by atoms with E-state index >= 15 is 0 Å². The van der Waals surface area contributed by atoms with Crippen molar-refractivity contribution >= 4 is 41.1 Å². The summed E-state index contributed by atoms with van der Waals surface area (Å²) >= 11 is 11.8. The molecule has 0 aromatic heterocycles. The highest BCUT2D eigenvalue weighted by atomic mass is 35.5. The molecule has 1 fully saturated rings. The summed E-state index contributed by atoms with van der Waals surface area (Å²) in [7, 11) is 0. The Morgan fingerprint density at radius 1 is 1.16 bits per heavy atom. The summed E-state index contributed by atoms with van der Waals surface area (Å²) in [6.45, 7) is 6.86. The van der Waals surface area contributed by atoms with E-state index in [4.69, 9.17) is 23.2 Å². The SMILES string of the molecule is CC(C)NC(=O)CN1CCN(C(=O)/C=C/c2ccc(Cl)c(Cl)c2)CC1. The molecule has 0 unspecified atom stereocenters. The summed E-state index contributed by atoms with van der Waals surface area (Å²) in [4.78, 5) is 27.9. The number of hydrogen-bond donors (Lipinski definition) is 1. The Morgan fingerprint density at radius 2 is 1.84 bits per heavy atom. The fraction of sp³-hybridized carbons (Fsp3) is 0.444. The molecule has 0 aliphatic carbocycles. The fourth-order valence-electron chi connectivity index (χ4n) is 2.59. The summed E-state index contributed by atoms with van der Waals surface area (Å²) in [5.41, 5.74) is 0.826. The monoisotopic (exact) mass is 383 g/mol. The van der Waals surface area contributed by atoms with Gasteiger partial charge in [0.15, 0.2) is 0 Å². The summed E-state index contributed by atoms with van der Waals surface area (Å²) in [6.07, 6.45) is 3.27. The Kier molecular flexibility index (Phi) is 7.29. The van der Waals surface area contributed by atoms with E-state index in [0.717, 1.165) is 5.56 Å². The molecule has 5 nitrogen and oxygen atoms in total. The Hall–Kier alpha value is -1.56. The van der Waals surface area contributed by atoms with Gasteiger partial charge in [0.25, 0.3) is 0 Å². The number of halogens is 2. The van der Waals surface area contributed by atoms with Gasteiger partial charge < -0.3 is 10.2 Å². The molecule has 0 saturated carbocycles. The number of carbonyl (C=O) groups excluding carboxylic acids is 2. The summed E-state index contributed by atoms with van der Waals surface area (Å²) < 4.78 is 0. The minimum absolute atomic E-state index is 0.0225. The molecule has 2 amide bonds. The second-order valence-corrected chi connectivity index (χ2v) is 7.14. The molecule has 1 N–H and O–H groups in total. The highest BCUT2D eigenvalue weighted by molar-refractivity contribution is 6.42. The first kappa shape index (κ1) is 19.8. The van der Waals surface area contributed by atoms with E-state index in [1.807, 2.05) is 19.9 Å². The lowest BCUT2D eigenvalue weighted by Gasteiger charge is -2.33. The molecular formula is C18H23Cl2N3O2. The first-order chi connectivity index (χ1) is 11.8. The number of nitrogens with zero attached hydrogens (tertiary/aromatic N) is 2. The predicted octanol–water partition coefficient (Wildman–Crippen LogP) is 2.68. The van der Waals surface area contributed by atoms with Gasteiger partial charge in [-0.1, -0.05) is 29.3 Å². The van der Waals surface area contributed by atoms with Crippen LogP contribution in [0.3, 0.4) is 0 Å². The van der Waals surface area contributed by atoms with Crippen LogP contribution < -0.4 is 5.32 Å². The minimum atomic E-state index is -0.0441. The zero-order chi connectivity index (χ0) is 18.4. The van der Waals surface area contributed by atoms with Gasteiger partial charge in [-0.05, 0) is 37.6 Å². The third-order valence-corrected chi connectivity index (χ3v) is 4.60. The summed E-state index contributed by atoms with van der Waals surface area (Å²) in [5.74, 6) is -0.0216. The standard InChI is InChI=1S/C18H23Cl2N3O2/c1-13(2)21-17(24)12-22-7-9-23(10-8-22)18(25)6-4-14-3-5-15(19)16(20)11-14/h3-6,11,13H,7-10,12H2,1-2H3,(H,21,24)/b6-4+. The van der Waals surface area contributed by atoms with Crippen LogP contribution in [0, 0.1) is 0 Å². The predicted molar refractivity (Wildman–Crippen MR) is 102 cm³/mol. The summed E-state index contributed by atoms with van der Waals surface area (Å²) in [6, 6.07) is 5.37. The molecule has 0 radical (unpaired) electrons. The van der Waals surface area contributed by atoms with Crippen LogP contribution >= 0.6 is 23.2 Å². The van der Waals surface area contributed by atoms with Crippen LogP contribution in [-0.4, -0.2) is 60.4 Å². The van der Waals surface area contributed by atoms with Gasteiger partial charge in [0, 0.05) is 38.3 Å². The Labute approximate surface area is 158 Å². The zero-order valence-corrected chi connectivity index (χ0v) is 16.0. The zero-order valence-electron chi connectivity index (χ0n) is 14.5. The van der Waals surface area contributed by atoms with Crippen molar-refractivity contribution in [2.24, 2.45) is 0 Å². The van der Waals surface area contributed by atoms with E-state index in [-0.39, 0.29) is 17.9 Å². The molecule has 1 aliphatic rings. The van der Waals surface area contributed by atoms with E-state index in [1.165, 1.54) is 0 Å². The average Bonchev–Trinajstić information content (AvgIpc) is 2.55. The Balaban J connectivity index is 1.81. The topological polar surface area (TPSA) is 52.7 Å². The van der Waals surface area contributed by atoms with Crippen molar-refractivity contribution in [2.45, 2.75) is 19.9 Å². The third kappa shape index (κ3) is 6.34. The van der Waals surface area contributed by atoms with Crippen molar-refractivity contribution in [2.75, 3.05) is 32.7 Å². The van der Waals surface area contributed by atoms with Crippen molar-refractivity contribution in [3.8, 4) is 0 Å².